The number of piperidine rings is 1. The summed E-state index contributed by atoms with van der Waals surface area (Å²) in [7, 11) is 0. The molecule has 1 fully saturated rings. The molecule has 28 heavy (non-hydrogen) atoms. The lowest BCUT2D eigenvalue weighted by Gasteiger charge is -2.36. The van der Waals surface area contributed by atoms with E-state index >= 15 is 0 Å². The Labute approximate surface area is 163 Å². The zero-order valence-corrected chi connectivity index (χ0v) is 16.1. The summed E-state index contributed by atoms with van der Waals surface area (Å²) in [6.07, 6.45) is 5.55. The fraction of sp³-hybridized carbons (Fsp3) is 0.333. The van der Waals surface area contributed by atoms with E-state index < -0.39 is 17.7 Å². The third-order valence-corrected chi connectivity index (χ3v) is 4.92. The summed E-state index contributed by atoms with van der Waals surface area (Å²) < 4.78 is 0. The second-order valence-corrected chi connectivity index (χ2v) is 7.17. The average Bonchev–Trinajstić information content (AvgIpc) is 2.67. The number of primary amides is 1. The van der Waals surface area contributed by atoms with Gasteiger partial charge >= 0.3 is 11.8 Å². The summed E-state index contributed by atoms with van der Waals surface area (Å²) >= 11 is 0. The van der Waals surface area contributed by atoms with Gasteiger partial charge in [-0.1, -0.05) is 17.7 Å². The van der Waals surface area contributed by atoms with Crippen molar-refractivity contribution in [1.29, 1.82) is 0 Å². The van der Waals surface area contributed by atoms with Gasteiger partial charge in [0.05, 0.1) is 17.9 Å². The summed E-state index contributed by atoms with van der Waals surface area (Å²) in [5.74, 6) is -1.87. The van der Waals surface area contributed by atoms with Crippen molar-refractivity contribution in [3.05, 3.63) is 58.9 Å². The minimum absolute atomic E-state index is 0.356. The first-order valence-corrected chi connectivity index (χ1v) is 9.31. The Hall–Kier alpha value is -3.22. The van der Waals surface area contributed by atoms with Crippen LogP contribution < -0.4 is 11.1 Å². The van der Waals surface area contributed by atoms with Crippen molar-refractivity contribution in [2.75, 3.05) is 11.9 Å². The third-order valence-electron chi connectivity index (χ3n) is 4.92. The van der Waals surface area contributed by atoms with E-state index in [4.69, 9.17) is 5.73 Å². The molecule has 0 bridgehead atoms. The number of nitrogens with one attached hydrogen (secondary N) is 1. The smallest absolute Gasteiger partial charge is 0.313 e. The van der Waals surface area contributed by atoms with Gasteiger partial charge in [0.25, 0.3) is 0 Å². The summed E-state index contributed by atoms with van der Waals surface area (Å²) in [5, 5.41) is 2.61. The number of benzene rings is 1. The molecule has 3 N–H and O–H groups in total. The number of aromatic nitrogens is 1. The highest BCUT2D eigenvalue weighted by atomic mass is 16.2. The standard InChI is InChI=1S/C21H24N4O3/c1-13-6-7-16(17(10-13)19(22)26)18-5-3-4-8-25(18)21(28)20(27)24-15-9-14(2)11-23-12-15/h6-7,9-12,18H,3-5,8H2,1-2H3,(H2,22,26)(H,24,27). The van der Waals surface area contributed by atoms with Crippen molar-refractivity contribution >= 4 is 23.4 Å². The molecule has 1 aliphatic heterocycles. The Bertz CT molecular complexity index is 926. The van der Waals surface area contributed by atoms with Crippen molar-refractivity contribution in [1.82, 2.24) is 9.88 Å². The lowest BCUT2D eigenvalue weighted by molar-refractivity contribution is -0.145. The molecule has 7 nitrogen and oxygen atoms in total. The van der Waals surface area contributed by atoms with E-state index in [0.717, 1.165) is 24.0 Å². The number of hydrogen-bond acceptors (Lipinski definition) is 4. The molecule has 1 saturated heterocycles. The molecular formula is C21H24N4O3. The monoisotopic (exact) mass is 380 g/mol. The van der Waals surface area contributed by atoms with Crippen LogP contribution in [0.5, 0.6) is 0 Å². The van der Waals surface area contributed by atoms with Crippen LogP contribution in [0.2, 0.25) is 0 Å². The Morgan fingerprint density at radius 1 is 1.11 bits per heavy atom. The first-order valence-electron chi connectivity index (χ1n) is 9.31. The average molecular weight is 380 g/mol. The van der Waals surface area contributed by atoms with Crippen molar-refractivity contribution < 1.29 is 14.4 Å². The molecule has 1 aromatic carbocycles. The second kappa shape index (κ2) is 8.21. The van der Waals surface area contributed by atoms with E-state index in [2.05, 4.69) is 10.3 Å². The highest BCUT2D eigenvalue weighted by Gasteiger charge is 2.33. The van der Waals surface area contributed by atoms with E-state index in [1.165, 1.54) is 6.20 Å². The third kappa shape index (κ3) is 4.19. The quantitative estimate of drug-likeness (QED) is 0.798. The van der Waals surface area contributed by atoms with Crippen molar-refractivity contribution in [2.45, 2.75) is 39.2 Å². The van der Waals surface area contributed by atoms with E-state index in [0.29, 0.717) is 29.8 Å². The highest BCUT2D eigenvalue weighted by Crippen LogP contribution is 2.33. The number of carbonyl (C=O) groups is 3. The molecule has 146 valence electrons. The Morgan fingerprint density at radius 3 is 2.61 bits per heavy atom. The maximum Gasteiger partial charge on any atom is 0.313 e. The van der Waals surface area contributed by atoms with Gasteiger partial charge in [-0.2, -0.15) is 0 Å². The predicted molar refractivity (Wildman–Crippen MR) is 106 cm³/mol. The fourth-order valence-electron chi connectivity index (χ4n) is 3.61. The molecule has 3 amide bonds. The lowest BCUT2D eigenvalue weighted by Crippen LogP contribution is -2.44. The van der Waals surface area contributed by atoms with E-state index in [1.807, 2.05) is 26.0 Å². The summed E-state index contributed by atoms with van der Waals surface area (Å²) in [5.41, 5.74) is 8.91. The summed E-state index contributed by atoms with van der Waals surface area (Å²) in [6, 6.07) is 6.83. The number of carbonyl (C=O) groups excluding carboxylic acids is 3. The van der Waals surface area contributed by atoms with Crippen LogP contribution in [0.25, 0.3) is 0 Å². The van der Waals surface area contributed by atoms with Crippen molar-refractivity contribution in [3.63, 3.8) is 0 Å². The van der Waals surface area contributed by atoms with Gasteiger partial charge in [0.15, 0.2) is 0 Å². The van der Waals surface area contributed by atoms with Gasteiger partial charge in [0.1, 0.15) is 0 Å². The van der Waals surface area contributed by atoms with E-state index in [1.54, 1.807) is 23.2 Å². The molecule has 0 spiro atoms. The normalized spacial score (nSPS) is 16.5. The van der Waals surface area contributed by atoms with Crippen LogP contribution >= 0.6 is 0 Å². The van der Waals surface area contributed by atoms with Crippen LogP contribution in [0.4, 0.5) is 5.69 Å². The SMILES string of the molecule is Cc1cncc(NC(=O)C(=O)N2CCCCC2c2ccc(C)cc2C(N)=O)c1. The van der Waals surface area contributed by atoms with Crippen LogP contribution in [0.15, 0.2) is 36.7 Å². The molecule has 7 heteroatoms. The van der Waals surface area contributed by atoms with Crippen LogP contribution in [0.3, 0.4) is 0 Å². The molecule has 0 radical (unpaired) electrons. The minimum Gasteiger partial charge on any atom is -0.366 e. The molecular weight excluding hydrogens is 356 g/mol. The Kier molecular flexibility index (Phi) is 5.73. The molecule has 2 aromatic rings. The highest BCUT2D eigenvalue weighted by molar-refractivity contribution is 6.39. The number of nitrogens with zero attached hydrogens (tertiary/aromatic N) is 2. The summed E-state index contributed by atoms with van der Waals surface area (Å²) in [4.78, 5) is 42.9. The van der Waals surface area contributed by atoms with Gasteiger partial charge in [-0.15, -0.1) is 0 Å². The van der Waals surface area contributed by atoms with Crippen LogP contribution in [0, 0.1) is 13.8 Å². The number of amides is 3. The molecule has 3 rings (SSSR count). The fourth-order valence-corrected chi connectivity index (χ4v) is 3.61. The van der Waals surface area contributed by atoms with E-state index in [-0.39, 0.29) is 6.04 Å². The minimum atomic E-state index is -0.716. The van der Waals surface area contributed by atoms with Crippen LogP contribution in [0.1, 0.15) is 52.4 Å². The van der Waals surface area contributed by atoms with Gasteiger partial charge in [-0.25, -0.2) is 0 Å². The lowest BCUT2D eigenvalue weighted by atomic mass is 9.90. The zero-order valence-electron chi connectivity index (χ0n) is 16.1. The Morgan fingerprint density at radius 2 is 1.89 bits per heavy atom. The zero-order chi connectivity index (χ0) is 20.3. The number of aryl methyl sites for hydroxylation is 2. The van der Waals surface area contributed by atoms with E-state index in [9.17, 15) is 14.4 Å². The Balaban J connectivity index is 1.86. The van der Waals surface area contributed by atoms with Gasteiger partial charge in [-0.3, -0.25) is 19.4 Å². The molecule has 1 aliphatic rings. The number of rotatable bonds is 3. The largest absolute Gasteiger partial charge is 0.366 e. The number of likely N-dealkylation sites (tertiary alicyclic amines) is 1. The van der Waals surface area contributed by atoms with Gasteiger partial charge in [0.2, 0.25) is 5.91 Å². The van der Waals surface area contributed by atoms with Gasteiger partial charge in [0, 0.05) is 18.3 Å². The first-order chi connectivity index (χ1) is 13.4. The predicted octanol–water partition coefficient (Wildman–Crippen LogP) is 2.49. The number of pyridine rings is 1. The topological polar surface area (TPSA) is 105 Å². The number of nitrogens with two attached hydrogens (primary N) is 1. The molecule has 1 unspecified atom stereocenters. The molecule has 1 atom stereocenters. The van der Waals surface area contributed by atoms with Gasteiger partial charge in [-0.05, 0) is 56.4 Å². The molecule has 0 saturated carbocycles. The molecule has 1 aromatic heterocycles. The maximum absolute atomic E-state index is 12.9. The van der Waals surface area contributed by atoms with Crippen molar-refractivity contribution in [3.8, 4) is 0 Å². The van der Waals surface area contributed by atoms with Crippen LogP contribution in [-0.2, 0) is 9.59 Å². The first kappa shape index (κ1) is 19.5. The van der Waals surface area contributed by atoms with Crippen molar-refractivity contribution in [2.24, 2.45) is 5.73 Å². The molecule has 2 heterocycles. The maximum atomic E-state index is 12.9. The number of hydrogen-bond donors (Lipinski definition) is 2. The van der Waals surface area contributed by atoms with Crippen LogP contribution in [-0.4, -0.2) is 34.2 Å². The van der Waals surface area contributed by atoms with Gasteiger partial charge < -0.3 is 16.0 Å². The second-order valence-electron chi connectivity index (χ2n) is 7.17. The number of anilines is 1. The molecule has 0 aliphatic carbocycles. The summed E-state index contributed by atoms with van der Waals surface area (Å²) in [6.45, 7) is 4.19.